The van der Waals surface area contributed by atoms with E-state index in [1.807, 2.05) is 64.9 Å². The molecule has 4 rings (SSSR count). The molecule has 6 nitrogen and oxygen atoms in total. The highest BCUT2D eigenvalue weighted by Crippen LogP contribution is 2.13. The van der Waals surface area contributed by atoms with Crippen molar-refractivity contribution in [2.24, 2.45) is 0 Å². The van der Waals surface area contributed by atoms with Crippen molar-refractivity contribution in [2.45, 2.75) is 26.9 Å². The molecule has 0 aliphatic heterocycles. The van der Waals surface area contributed by atoms with Crippen LogP contribution in [0.15, 0.2) is 72.9 Å². The normalized spacial score (nSPS) is 10.7. The molecule has 0 spiro atoms. The molecule has 0 amide bonds. The third-order valence-corrected chi connectivity index (χ3v) is 5.08. The van der Waals surface area contributed by atoms with Gasteiger partial charge in [-0.15, -0.1) is 0 Å². The predicted octanol–water partition coefficient (Wildman–Crippen LogP) is 4.60. The molecular weight excluding hydrogens is 392 g/mol. The van der Waals surface area contributed by atoms with Crippen molar-refractivity contribution in [3.05, 3.63) is 95.3 Å². The molecule has 0 atom stereocenters. The number of nitrogens with zero attached hydrogens (tertiary/aromatic N) is 4. The smallest absolute Gasteiger partial charge is 0.177 e. The summed E-state index contributed by atoms with van der Waals surface area (Å²) in [6.07, 6.45) is 1.94. The highest BCUT2D eigenvalue weighted by atomic mass is 32.1. The van der Waals surface area contributed by atoms with Crippen LogP contribution < -0.4 is 10.6 Å². The fourth-order valence-electron chi connectivity index (χ4n) is 3.23. The van der Waals surface area contributed by atoms with Crippen molar-refractivity contribution in [3.63, 3.8) is 0 Å². The van der Waals surface area contributed by atoms with E-state index in [4.69, 9.17) is 12.2 Å². The lowest BCUT2D eigenvalue weighted by Gasteiger charge is -2.07. The first-order valence-electron chi connectivity index (χ1n) is 9.81. The topological polar surface area (TPSA) is 59.7 Å². The van der Waals surface area contributed by atoms with Crippen molar-refractivity contribution >= 4 is 29.0 Å². The van der Waals surface area contributed by atoms with E-state index in [1.165, 1.54) is 16.7 Å². The van der Waals surface area contributed by atoms with Crippen molar-refractivity contribution < 1.29 is 0 Å². The van der Waals surface area contributed by atoms with Crippen LogP contribution in [0.25, 0.3) is 0 Å². The van der Waals surface area contributed by atoms with Crippen LogP contribution in [-0.4, -0.2) is 24.7 Å². The number of hydrogen-bond donors (Lipinski definition) is 2. The van der Waals surface area contributed by atoms with Crippen LogP contribution in [0, 0.1) is 13.8 Å². The Morgan fingerprint density at radius 2 is 1.60 bits per heavy atom. The minimum Gasteiger partial charge on any atom is -0.316 e. The van der Waals surface area contributed by atoms with E-state index in [2.05, 4.69) is 52.0 Å². The van der Waals surface area contributed by atoms with Gasteiger partial charge in [-0.3, -0.25) is 9.36 Å². The van der Waals surface area contributed by atoms with Crippen LogP contribution in [0.2, 0.25) is 0 Å². The molecule has 2 N–H and O–H groups in total. The summed E-state index contributed by atoms with van der Waals surface area (Å²) in [7, 11) is 0. The van der Waals surface area contributed by atoms with Gasteiger partial charge < -0.3 is 10.6 Å². The van der Waals surface area contributed by atoms with Crippen LogP contribution in [-0.2, 0) is 13.1 Å². The van der Waals surface area contributed by atoms with E-state index < -0.39 is 0 Å². The molecule has 2 aromatic carbocycles. The number of rotatable bonds is 6. The van der Waals surface area contributed by atoms with Gasteiger partial charge in [-0.25, -0.2) is 0 Å². The van der Waals surface area contributed by atoms with Crippen LogP contribution in [0.3, 0.4) is 0 Å². The van der Waals surface area contributed by atoms with Gasteiger partial charge in [0.25, 0.3) is 0 Å². The number of hydrogen-bond acceptors (Lipinski definition) is 3. The van der Waals surface area contributed by atoms with Gasteiger partial charge in [0.2, 0.25) is 0 Å². The van der Waals surface area contributed by atoms with Gasteiger partial charge in [-0.2, -0.15) is 10.2 Å². The van der Waals surface area contributed by atoms with Gasteiger partial charge in [0.1, 0.15) is 0 Å². The SMILES string of the molecule is Cc1ccccc1Cn1ccc(NC(=S)Nc2cc(C)n(Cc3ccccc3)n2)n1. The quantitative estimate of drug-likeness (QED) is 0.450. The first-order chi connectivity index (χ1) is 14.6. The van der Waals surface area contributed by atoms with Gasteiger partial charge in [0, 0.05) is 24.0 Å². The summed E-state index contributed by atoms with van der Waals surface area (Å²) in [5.41, 5.74) is 4.76. The minimum atomic E-state index is 0.459. The highest BCUT2D eigenvalue weighted by molar-refractivity contribution is 7.80. The largest absolute Gasteiger partial charge is 0.316 e. The molecule has 152 valence electrons. The summed E-state index contributed by atoms with van der Waals surface area (Å²) >= 11 is 5.44. The molecule has 0 bridgehead atoms. The molecule has 0 unspecified atom stereocenters. The van der Waals surface area contributed by atoms with Crippen molar-refractivity contribution in [1.82, 2.24) is 19.6 Å². The first-order valence-corrected chi connectivity index (χ1v) is 10.2. The molecule has 4 aromatic rings. The summed E-state index contributed by atoms with van der Waals surface area (Å²) in [5, 5.41) is 15.9. The minimum absolute atomic E-state index is 0.459. The second kappa shape index (κ2) is 8.92. The second-order valence-electron chi connectivity index (χ2n) is 7.22. The Kier molecular flexibility index (Phi) is 5.90. The van der Waals surface area contributed by atoms with Gasteiger partial charge in [-0.05, 0) is 42.8 Å². The summed E-state index contributed by atoms with van der Waals surface area (Å²) in [4.78, 5) is 0. The van der Waals surface area contributed by atoms with Crippen LogP contribution >= 0.6 is 12.2 Å². The molecule has 30 heavy (non-hydrogen) atoms. The molecule has 0 fully saturated rings. The standard InChI is InChI=1S/C23H24N6S/c1-17-8-6-7-11-20(17)16-28-13-12-21(26-28)24-23(30)25-22-14-18(2)29(27-22)15-19-9-4-3-5-10-19/h3-14H,15-16H2,1-2H3,(H2,24,25,26,27,30). The Balaban J connectivity index is 1.36. The Hall–Kier alpha value is -3.45. The van der Waals surface area contributed by atoms with Gasteiger partial charge >= 0.3 is 0 Å². The molecule has 0 saturated carbocycles. The van der Waals surface area contributed by atoms with E-state index in [0.29, 0.717) is 16.7 Å². The lowest BCUT2D eigenvalue weighted by Crippen LogP contribution is -2.20. The zero-order valence-corrected chi connectivity index (χ0v) is 17.9. The molecular formula is C23H24N6S. The molecule has 7 heteroatoms. The third kappa shape index (κ3) is 4.93. The average Bonchev–Trinajstić information content (AvgIpc) is 3.30. The predicted molar refractivity (Wildman–Crippen MR) is 125 cm³/mol. The summed E-state index contributed by atoms with van der Waals surface area (Å²) < 4.78 is 3.85. The van der Waals surface area contributed by atoms with E-state index >= 15 is 0 Å². The number of aromatic nitrogens is 4. The molecule has 2 aromatic heterocycles. The summed E-state index contributed by atoms with van der Waals surface area (Å²) in [6.45, 7) is 5.58. The Labute approximate surface area is 181 Å². The van der Waals surface area contributed by atoms with Crippen molar-refractivity contribution in [3.8, 4) is 0 Å². The third-order valence-electron chi connectivity index (χ3n) is 4.87. The molecule has 0 saturated heterocycles. The first kappa shape index (κ1) is 19.8. The lowest BCUT2D eigenvalue weighted by molar-refractivity contribution is 0.668. The number of benzene rings is 2. The number of aryl methyl sites for hydroxylation is 2. The number of nitrogens with one attached hydrogen (secondary N) is 2. The summed E-state index contributed by atoms with van der Waals surface area (Å²) in [6, 6.07) is 22.5. The molecule has 0 aliphatic carbocycles. The fraction of sp³-hybridized carbons (Fsp3) is 0.174. The Morgan fingerprint density at radius 3 is 2.40 bits per heavy atom. The van der Waals surface area contributed by atoms with Crippen LogP contribution in [0.1, 0.15) is 22.4 Å². The maximum absolute atomic E-state index is 5.44. The van der Waals surface area contributed by atoms with E-state index in [1.54, 1.807) is 0 Å². The number of anilines is 2. The Bertz CT molecular complexity index is 1150. The van der Waals surface area contributed by atoms with Crippen LogP contribution in [0.5, 0.6) is 0 Å². The van der Waals surface area contributed by atoms with Gasteiger partial charge in [0.15, 0.2) is 16.7 Å². The van der Waals surface area contributed by atoms with E-state index in [0.717, 1.165) is 18.8 Å². The molecule has 0 radical (unpaired) electrons. The second-order valence-corrected chi connectivity index (χ2v) is 7.63. The van der Waals surface area contributed by atoms with Gasteiger partial charge in [-0.1, -0.05) is 54.6 Å². The fourth-order valence-corrected chi connectivity index (χ4v) is 3.44. The maximum atomic E-state index is 5.44. The molecule has 0 aliphatic rings. The van der Waals surface area contributed by atoms with Gasteiger partial charge in [0.05, 0.1) is 13.1 Å². The lowest BCUT2D eigenvalue weighted by atomic mass is 10.1. The van der Waals surface area contributed by atoms with E-state index in [-0.39, 0.29) is 0 Å². The number of thiocarbonyl (C=S) groups is 1. The van der Waals surface area contributed by atoms with Crippen molar-refractivity contribution in [1.29, 1.82) is 0 Å². The summed E-state index contributed by atoms with van der Waals surface area (Å²) in [5.74, 6) is 1.40. The molecule has 2 heterocycles. The van der Waals surface area contributed by atoms with E-state index in [9.17, 15) is 0 Å². The average molecular weight is 417 g/mol. The monoisotopic (exact) mass is 416 g/mol. The zero-order chi connectivity index (χ0) is 20.9. The van der Waals surface area contributed by atoms with Crippen molar-refractivity contribution in [2.75, 3.05) is 10.6 Å². The Morgan fingerprint density at radius 1 is 0.867 bits per heavy atom. The van der Waals surface area contributed by atoms with Crippen LogP contribution in [0.4, 0.5) is 11.6 Å². The zero-order valence-electron chi connectivity index (χ0n) is 17.0. The maximum Gasteiger partial charge on any atom is 0.177 e. The highest BCUT2D eigenvalue weighted by Gasteiger charge is 2.08.